The van der Waals surface area contributed by atoms with E-state index in [4.69, 9.17) is 10.5 Å². The third kappa shape index (κ3) is 5.01. The lowest BCUT2D eigenvalue weighted by Gasteiger charge is -2.32. The fourth-order valence-corrected chi connectivity index (χ4v) is 4.13. The summed E-state index contributed by atoms with van der Waals surface area (Å²) in [7, 11) is 0. The number of nitrogens with zero attached hydrogens (tertiary/aromatic N) is 1. The molecule has 0 saturated heterocycles. The number of ether oxygens (including phenoxy) is 1. The van der Waals surface area contributed by atoms with Crippen molar-refractivity contribution in [3.63, 3.8) is 0 Å². The van der Waals surface area contributed by atoms with E-state index in [2.05, 4.69) is 4.99 Å². The highest BCUT2D eigenvalue weighted by molar-refractivity contribution is 8.15. The minimum Gasteiger partial charge on any atom is -0.460 e. The molecule has 3 rings (SSSR count). The van der Waals surface area contributed by atoms with Crippen LogP contribution in [-0.4, -0.2) is 33.1 Å². The molecule has 6 heteroatoms. The van der Waals surface area contributed by atoms with E-state index in [1.807, 2.05) is 74.5 Å². The van der Waals surface area contributed by atoms with Crippen LogP contribution in [0.1, 0.15) is 25.0 Å². The van der Waals surface area contributed by atoms with Crippen LogP contribution in [0.5, 0.6) is 0 Å². The first-order valence-electron chi connectivity index (χ1n) is 9.27. The summed E-state index contributed by atoms with van der Waals surface area (Å²) in [5, 5.41) is 11.5. The average molecular weight is 399 g/mol. The Morgan fingerprint density at radius 3 is 2.29 bits per heavy atom. The fraction of sp³-hybridized carbons (Fsp3) is 0.364. The number of hydrogen-bond acceptors (Lipinski definition) is 6. The Kier molecular flexibility index (Phi) is 6.23. The van der Waals surface area contributed by atoms with Gasteiger partial charge >= 0.3 is 5.97 Å². The SMILES string of the molecule is CC1(C)CN=C(C(N)(O)[C@H](Cc2ccccc2)C(=O)OCc2ccccc2)S1. The van der Waals surface area contributed by atoms with Crippen molar-refractivity contribution in [1.82, 2.24) is 0 Å². The average Bonchev–Trinajstić information content (AvgIpc) is 3.06. The molecule has 2 aromatic carbocycles. The second-order valence-electron chi connectivity index (χ2n) is 7.64. The monoisotopic (exact) mass is 398 g/mol. The number of esters is 1. The Labute approximate surface area is 170 Å². The van der Waals surface area contributed by atoms with Gasteiger partial charge in [-0.2, -0.15) is 0 Å². The van der Waals surface area contributed by atoms with Gasteiger partial charge in [-0.25, -0.2) is 0 Å². The van der Waals surface area contributed by atoms with Crippen LogP contribution in [0.4, 0.5) is 0 Å². The summed E-state index contributed by atoms with van der Waals surface area (Å²) in [6, 6.07) is 18.9. The standard InChI is InChI=1S/C22H26N2O3S/c1-21(2)15-24-20(28-21)22(23,26)18(13-16-9-5-3-6-10-16)19(25)27-14-17-11-7-4-8-12-17/h3-12,18,26H,13-15,23H2,1-2H3/t18-,22?/m1/s1. The topological polar surface area (TPSA) is 84.9 Å². The maximum atomic E-state index is 13.0. The van der Waals surface area contributed by atoms with Crippen molar-refractivity contribution in [2.45, 2.75) is 37.3 Å². The van der Waals surface area contributed by atoms with Crippen LogP contribution in [0.3, 0.4) is 0 Å². The molecule has 0 fully saturated rings. The van der Waals surface area contributed by atoms with E-state index in [1.54, 1.807) is 0 Å². The van der Waals surface area contributed by atoms with Crippen LogP contribution < -0.4 is 5.73 Å². The van der Waals surface area contributed by atoms with E-state index in [0.717, 1.165) is 11.1 Å². The Morgan fingerprint density at radius 2 is 1.75 bits per heavy atom. The van der Waals surface area contributed by atoms with Gasteiger partial charge in [-0.15, -0.1) is 0 Å². The quantitative estimate of drug-likeness (QED) is 0.553. The maximum absolute atomic E-state index is 13.0. The van der Waals surface area contributed by atoms with E-state index in [1.165, 1.54) is 11.8 Å². The summed E-state index contributed by atoms with van der Waals surface area (Å²) in [5.41, 5.74) is 6.20. The van der Waals surface area contributed by atoms with Gasteiger partial charge in [0, 0.05) is 4.75 Å². The first kappa shape index (κ1) is 20.6. The Hall–Kier alpha value is -2.15. The van der Waals surface area contributed by atoms with E-state index in [0.29, 0.717) is 11.6 Å². The van der Waals surface area contributed by atoms with Gasteiger partial charge in [0.05, 0.1) is 6.54 Å². The van der Waals surface area contributed by atoms with Gasteiger partial charge in [0.15, 0.2) is 5.72 Å². The number of nitrogens with two attached hydrogens (primary N) is 1. The summed E-state index contributed by atoms with van der Waals surface area (Å²) >= 11 is 1.41. The third-order valence-electron chi connectivity index (χ3n) is 4.64. The highest BCUT2D eigenvalue weighted by atomic mass is 32.2. The van der Waals surface area contributed by atoms with Crippen molar-refractivity contribution >= 4 is 22.8 Å². The zero-order valence-electron chi connectivity index (χ0n) is 16.2. The number of benzene rings is 2. The van der Waals surface area contributed by atoms with Gasteiger partial charge < -0.3 is 9.84 Å². The van der Waals surface area contributed by atoms with Crippen molar-refractivity contribution in [2.75, 3.05) is 6.54 Å². The molecule has 0 aliphatic carbocycles. The van der Waals surface area contributed by atoms with Gasteiger partial charge in [-0.1, -0.05) is 72.4 Å². The van der Waals surface area contributed by atoms with E-state index < -0.39 is 17.6 Å². The molecule has 0 aromatic heterocycles. The van der Waals surface area contributed by atoms with Crippen molar-refractivity contribution in [3.8, 4) is 0 Å². The Bertz CT molecular complexity index is 835. The summed E-state index contributed by atoms with van der Waals surface area (Å²) in [4.78, 5) is 17.4. The molecule has 1 aliphatic rings. The fourth-order valence-electron chi connectivity index (χ4n) is 3.04. The predicted octanol–water partition coefficient (Wildman–Crippen LogP) is 3.16. The van der Waals surface area contributed by atoms with Gasteiger partial charge in [0.1, 0.15) is 17.6 Å². The molecule has 0 radical (unpaired) electrons. The summed E-state index contributed by atoms with van der Waals surface area (Å²) in [5.74, 6) is -1.50. The van der Waals surface area contributed by atoms with E-state index in [-0.39, 0.29) is 17.8 Å². The highest BCUT2D eigenvalue weighted by Crippen LogP contribution is 2.38. The molecule has 2 atom stereocenters. The summed E-state index contributed by atoms with van der Waals surface area (Å²) in [6.45, 7) is 4.74. The zero-order valence-corrected chi connectivity index (χ0v) is 17.0. The normalized spacial score (nSPS) is 18.8. The van der Waals surface area contributed by atoms with Crippen LogP contribution in [-0.2, 0) is 22.6 Å². The lowest BCUT2D eigenvalue weighted by Crippen LogP contribution is -2.56. The molecule has 0 amide bonds. The molecular formula is C22H26N2O3S. The van der Waals surface area contributed by atoms with Gasteiger partial charge in [0.25, 0.3) is 0 Å². The van der Waals surface area contributed by atoms with Gasteiger partial charge in [-0.3, -0.25) is 15.5 Å². The zero-order chi connectivity index (χ0) is 20.2. The molecule has 1 heterocycles. The second-order valence-corrected chi connectivity index (χ2v) is 9.34. The number of aliphatic imine (C=N–C) groups is 1. The number of carbonyl (C=O) groups excluding carboxylic acids is 1. The van der Waals surface area contributed by atoms with Crippen LogP contribution in [0.2, 0.25) is 0 Å². The Balaban J connectivity index is 1.81. The highest BCUT2D eigenvalue weighted by Gasteiger charge is 2.47. The first-order valence-corrected chi connectivity index (χ1v) is 10.1. The number of carbonyl (C=O) groups is 1. The molecule has 148 valence electrons. The third-order valence-corrected chi connectivity index (χ3v) is 5.97. The number of aliphatic hydroxyl groups is 1. The maximum Gasteiger partial charge on any atom is 0.314 e. The van der Waals surface area contributed by atoms with Crippen LogP contribution >= 0.6 is 11.8 Å². The molecule has 0 bridgehead atoms. The van der Waals surface area contributed by atoms with Crippen molar-refractivity contribution < 1.29 is 14.6 Å². The van der Waals surface area contributed by atoms with Crippen molar-refractivity contribution in [1.29, 1.82) is 0 Å². The molecule has 5 nitrogen and oxygen atoms in total. The van der Waals surface area contributed by atoms with Gasteiger partial charge in [-0.05, 0) is 31.4 Å². The lowest BCUT2D eigenvalue weighted by atomic mass is 9.90. The summed E-state index contributed by atoms with van der Waals surface area (Å²) < 4.78 is 5.36. The van der Waals surface area contributed by atoms with Gasteiger partial charge in [0.2, 0.25) is 0 Å². The number of hydrogen-bond donors (Lipinski definition) is 2. The number of thioether (sulfide) groups is 1. The molecule has 1 unspecified atom stereocenters. The molecule has 0 saturated carbocycles. The van der Waals surface area contributed by atoms with Crippen molar-refractivity contribution in [3.05, 3.63) is 71.8 Å². The molecule has 28 heavy (non-hydrogen) atoms. The molecule has 3 N–H and O–H groups in total. The van der Waals surface area contributed by atoms with E-state index in [9.17, 15) is 9.90 Å². The minimum atomic E-state index is -1.89. The number of rotatable bonds is 7. The second kappa shape index (κ2) is 8.47. The predicted molar refractivity (Wildman–Crippen MR) is 113 cm³/mol. The lowest BCUT2D eigenvalue weighted by molar-refractivity contribution is -0.156. The van der Waals surface area contributed by atoms with Crippen LogP contribution in [0, 0.1) is 5.92 Å². The molecule has 0 spiro atoms. The largest absolute Gasteiger partial charge is 0.460 e. The molecule has 2 aromatic rings. The summed E-state index contributed by atoms with van der Waals surface area (Å²) in [6.07, 6.45) is 0.265. The van der Waals surface area contributed by atoms with Crippen LogP contribution in [0.15, 0.2) is 65.7 Å². The Morgan fingerprint density at radius 1 is 1.18 bits per heavy atom. The first-order chi connectivity index (χ1) is 13.3. The van der Waals surface area contributed by atoms with Crippen molar-refractivity contribution in [2.24, 2.45) is 16.6 Å². The van der Waals surface area contributed by atoms with E-state index >= 15 is 0 Å². The van der Waals surface area contributed by atoms with Crippen LogP contribution in [0.25, 0.3) is 0 Å². The molecule has 1 aliphatic heterocycles. The minimum absolute atomic E-state index is 0.131. The molecular weight excluding hydrogens is 372 g/mol. The smallest absolute Gasteiger partial charge is 0.314 e.